The van der Waals surface area contributed by atoms with E-state index in [1.807, 2.05) is 10.9 Å². The molecule has 96 valence electrons. The van der Waals surface area contributed by atoms with Gasteiger partial charge in [0.05, 0.1) is 5.69 Å². The summed E-state index contributed by atoms with van der Waals surface area (Å²) in [5, 5.41) is 8.27. The molecule has 1 atom stereocenters. The number of nitrogens with zero attached hydrogens (tertiary/aromatic N) is 3. The Kier molecular flexibility index (Phi) is 4.13. The molecule has 0 amide bonds. The van der Waals surface area contributed by atoms with E-state index in [1.165, 1.54) is 11.1 Å². The van der Waals surface area contributed by atoms with Gasteiger partial charge in [0.15, 0.2) is 0 Å². The Bertz CT molecular complexity index is 485. The van der Waals surface area contributed by atoms with E-state index in [9.17, 15) is 0 Å². The van der Waals surface area contributed by atoms with E-state index in [4.69, 9.17) is 0 Å². The van der Waals surface area contributed by atoms with Crippen LogP contribution >= 0.6 is 0 Å². The minimum atomic E-state index is 0.484. The molecule has 0 saturated heterocycles. The SMILES string of the molecule is CCc1ccc(C(C)Cc2cn(CC)nn2)cc1. The summed E-state index contributed by atoms with van der Waals surface area (Å²) in [5.74, 6) is 0.484. The lowest BCUT2D eigenvalue weighted by Crippen LogP contribution is -1.99. The highest BCUT2D eigenvalue weighted by Gasteiger charge is 2.09. The molecule has 3 heteroatoms. The van der Waals surface area contributed by atoms with Gasteiger partial charge in [-0.15, -0.1) is 5.10 Å². The second-order valence-corrected chi connectivity index (χ2v) is 4.77. The highest BCUT2D eigenvalue weighted by atomic mass is 15.4. The van der Waals surface area contributed by atoms with E-state index in [0.717, 1.165) is 25.1 Å². The van der Waals surface area contributed by atoms with Crippen LogP contribution in [-0.2, 0) is 19.4 Å². The first-order valence-electron chi connectivity index (χ1n) is 6.70. The van der Waals surface area contributed by atoms with Crippen LogP contribution < -0.4 is 0 Å². The summed E-state index contributed by atoms with van der Waals surface area (Å²) in [4.78, 5) is 0. The number of hydrogen-bond acceptors (Lipinski definition) is 2. The van der Waals surface area contributed by atoms with Crippen LogP contribution in [-0.4, -0.2) is 15.0 Å². The summed E-state index contributed by atoms with van der Waals surface area (Å²) in [6.07, 6.45) is 4.09. The molecular weight excluding hydrogens is 222 g/mol. The Hall–Kier alpha value is -1.64. The Balaban J connectivity index is 2.03. The predicted octanol–water partition coefficient (Wildman–Crippen LogP) is 3.21. The van der Waals surface area contributed by atoms with Crippen LogP contribution in [0.15, 0.2) is 30.5 Å². The van der Waals surface area contributed by atoms with Gasteiger partial charge in [0.1, 0.15) is 0 Å². The van der Waals surface area contributed by atoms with Gasteiger partial charge in [-0.1, -0.05) is 43.3 Å². The maximum atomic E-state index is 4.20. The van der Waals surface area contributed by atoms with Crippen LogP contribution in [0.3, 0.4) is 0 Å². The molecule has 1 heterocycles. The van der Waals surface area contributed by atoms with E-state index in [1.54, 1.807) is 0 Å². The number of aryl methyl sites for hydroxylation is 2. The van der Waals surface area contributed by atoms with Crippen molar-refractivity contribution in [2.75, 3.05) is 0 Å². The molecule has 18 heavy (non-hydrogen) atoms. The molecule has 1 aromatic carbocycles. The lowest BCUT2D eigenvalue weighted by Gasteiger charge is -2.10. The van der Waals surface area contributed by atoms with Crippen molar-refractivity contribution in [3.63, 3.8) is 0 Å². The number of aromatic nitrogens is 3. The molecule has 2 rings (SSSR count). The zero-order valence-electron chi connectivity index (χ0n) is 11.4. The fourth-order valence-electron chi connectivity index (χ4n) is 2.10. The van der Waals surface area contributed by atoms with Crippen LogP contribution in [0.1, 0.15) is 43.5 Å². The number of hydrogen-bond donors (Lipinski definition) is 0. The molecule has 1 unspecified atom stereocenters. The van der Waals surface area contributed by atoms with Crippen molar-refractivity contribution >= 4 is 0 Å². The second-order valence-electron chi connectivity index (χ2n) is 4.77. The summed E-state index contributed by atoms with van der Waals surface area (Å²) < 4.78 is 1.88. The van der Waals surface area contributed by atoms with Crippen molar-refractivity contribution in [3.05, 3.63) is 47.3 Å². The van der Waals surface area contributed by atoms with Crippen molar-refractivity contribution in [1.82, 2.24) is 15.0 Å². The minimum absolute atomic E-state index is 0.484. The van der Waals surface area contributed by atoms with E-state index in [0.29, 0.717) is 5.92 Å². The Morgan fingerprint density at radius 3 is 2.44 bits per heavy atom. The minimum Gasteiger partial charge on any atom is -0.253 e. The van der Waals surface area contributed by atoms with E-state index < -0.39 is 0 Å². The van der Waals surface area contributed by atoms with Crippen molar-refractivity contribution < 1.29 is 0 Å². The molecule has 0 saturated carbocycles. The molecule has 0 N–H and O–H groups in total. The lowest BCUT2D eigenvalue weighted by molar-refractivity contribution is 0.626. The van der Waals surface area contributed by atoms with Gasteiger partial charge >= 0.3 is 0 Å². The standard InChI is InChI=1S/C15H21N3/c1-4-13-6-8-14(9-7-13)12(3)10-15-11-18(5-2)17-16-15/h6-9,11-12H,4-5,10H2,1-3H3. The summed E-state index contributed by atoms with van der Waals surface area (Å²) >= 11 is 0. The number of benzene rings is 1. The third kappa shape index (κ3) is 2.97. The van der Waals surface area contributed by atoms with Gasteiger partial charge in [0.2, 0.25) is 0 Å². The van der Waals surface area contributed by atoms with Gasteiger partial charge in [-0.2, -0.15) is 0 Å². The first kappa shape index (κ1) is 12.8. The molecule has 0 aliphatic heterocycles. The van der Waals surface area contributed by atoms with Crippen molar-refractivity contribution in [3.8, 4) is 0 Å². The fourth-order valence-corrected chi connectivity index (χ4v) is 2.10. The quantitative estimate of drug-likeness (QED) is 0.807. The summed E-state index contributed by atoms with van der Waals surface area (Å²) in [6, 6.07) is 8.89. The van der Waals surface area contributed by atoms with Crippen LogP contribution in [0, 0.1) is 0 Å². The molecule has 2 aromatic rings. The molecule has 0 bridgehead atoms. The number of rotatable bonds is 5. The average Bonchev–Trinajstić information content (AvgIpc) is 2.86. The predicted molar refractivity (Wildman–Crippen MR) is 73.6 cm³/mol. The Labute approximate surface area is 109 Å². The van der Waals surface area contributed by atoms with Crippen molar-refractivity contribution in [2.45, 2.75) is 46.1 Å². The van der Waals surface area contributed by atoms with Crippen LogP contribution in [0.2, 0.25) is 0 Å². The van der Waals surface area contributed by atoms with Crippen molar-refractivity contribution in [2.24, 2.45) is 0 Å². The van der Waals surface area contributed by atoms with Crippen LogP contribution in [0.5, 0.6) is 0 Å². The largest absolute Gasteiger partial charge is 0.253 e. The molecule has 0 aliphatic carbocycles. The lowest BCUT2D eigenvalue weighted by atomic mass is 9.95. The van der Waals surface area contributed by atoms with Gasteiger partial charge < -0.3 is 0 Å². The third-order valence-electron chi connectivity index (χ3n) is 3.38. The van der Waals surface area contributed by atoms with Gasteiger partial charge in [-0.3, -0.25) is 4.68 Å². The summed E-state index contributed by atoms with van der Waals surface area (Å²) in [7, 11) is 0. The highest BCUT2D eigenvalue weighted by molar-refractivity contribution is 5.25. The molecular formula is C15H21N3. The van der Waals surface area contributed by atoms with Gasteiger partial charge in [-0.25, -0.2) is 0 Å². The first-order valence-corrected chi connectivity index (χ1v) is 6.70. The van der Waals surface area contributed by atoms with Gasteiger partial charge in [-0.05, 0) is 36.8 Å². The van der Waals surface area contributed by atoms with Crippen LogP contribution in [0.4, 0.5) is 0 Å². The third-order valence-corrected chi connectivity index (χ3v) is 3.38. The molecule has 0 radical (unpaired) electrons. The maximum absolute atomic E-state index is 4.20. The maximum Gasteiger partial charge on any atom is 0.0833 e. The average molecular weight is 243 g/mol. The first-order chi connectivity index (χ1) is 8.72. The summed E-state index contributed by atoms with van der Waals surface area (Å²) in [5.41, 5.74) is 3.84. The van der Waals surface area contributed by atoms with Crippen molar-refractivity contribution in [1.29, 1.82) is 0 Å². The fraction of sp³-hybridized carbons (Fsp3) is 0.467. The van der Waals surface area contributed by atoms with E-state index in [2.05, 4.69) is 55.3 Å². The topological polar surface area (TPSA) is 30.7 Å². The smallest absolute Gasteiger partial charge is 0.0833 e. The van der Waals surface area contributed by atoms with E-state index in [-0.39, 0.29) is 0 Å². The monoisotopic (exact) mass is 243 g/mol. The normalized spacial score (nSPS) is 12.6. The van der Waals surface area contributed by atoms with Gasteiger partial charge in [0.25, 0.3) is 0 Å². The highest BCUT2D eigenvalue weighted by Crippen LogP contribution is 2.20. The molecule has 1 aromatic heterocycles. The molecule has 0 spiro atoms. The van der Waals surface area contributed by atoms with Crippen LogP contribution in [0.25, 0.3) is 0 Å². The van der Waals surface area contributed by atoms with Gasteiger partial charge in [0, 0.05) is 12.7 Å². The summed E-state index contributed by atoms with van der Waals surface area (Å²) in [6.45, 7) is 7.38. The molecule has 3 nitrogen and oxygen atoms in total. The zero-order chi connectivity index (χ0) is 13.0. The zero-order valence-corrected chi connectivity index (χ0v) is 11.4. The Morgan fingerprint density at radius 1 is 1.17 bits per heavy atom. The van der Waals surface area contributed by atoms with E-state index >= 15 is 0 Å². The second kappa shape index (κ2) is 5.80. The Morgan fingerprint density at radius 2 is 1.89 bits per heavy atom. The molecule has 0 fully saturated rings. The molecule has 0 aliphatic rings.